The zero-order valence-corrected chi connectivity index (χ0v) is 14.8. The van der Waals surface area contributed by atoms with Crippen molar-refractivity contribution in [1.29, 1.82) is 0 Å². The molecule has 0 aliphatic carbocycles. The number of hydrogen-bond donors (Lipinski definition) is 2. The molecule has 0 bridgehead atoms. The van der Waals surface area contributed by atoms with Gasteiger partial charge in [0.2, 0.25) is 5.95 Å². The average molecular weight is 346 g/mol. The second-order valence-corrected chi connectivity index (χ2v) is 6.26. The van der Waals surface area contributed by atoms with Crippen molar-refractivity contribution in [3.05, 3.63) is 71.9 Å². The molecule has 1 unspecified atom stereocenters. The lowest BCUT2D eigenvalue weighted by Gasteiger charge is -2.27. The van der Waals surface area contributed by atoms with Crippen molar-refractivity contribution in [3.63, 3.8) is 0 Å². The Bertz CT molecular complexity index is 868. The molecule has 1 aromatic heterocycles. The summed E-state index contributed by atoms with van der Waals surface area (Å²) in [6.07, 6.45) is 1.71. The van der Waals surface area contributed by atoms with Crippen molar-refractivity contribution >= 4 is 23.1 Å². The van der Waals surface area contributed by atoms with Gasteiger partial charge >= 0.3 is 0 Å². The molecule has 0 saturated heterocycles. The van der Waals surface area contributed by atoms with E-state index >= 15 is 0 Å². The summed E-state index contributed by atoms with van der Waals surface area (Å²) in [6, 6.07) is 20.1. The number of fused-ring (bicyclic) bond motifs is 1. The van der Waals surface area contributed by atoms with E-state index in [1.807, 2.05) is 60.7 Å². The monoisotopic (exact) mass is 346 g/mol. The molecule has 2 heterocycles. The van der Waals surface area contributed by atoms with E-state index in [2.05, 4.69) is 17.6 Å². The van der Waals surface area contributed by atoms with Crippen molar-refractivity contribution in [2.45, 2.75) is 25.9 Å². The first-order chi connectivity index (χ1) is 12.8. The minimum Gasteiger partial charge on any atom is -0.373 e. The molecule has 0 amide bonds. The first-order valence-electron chi connectivity index (χ1n) is 9.00. The van der Waals surface area contributed by atoms with Crippen LogP contribution in [0.1, 0.15) is 30.7 Å². The van der Waals surface area contributed by atoms with Gasteiger partial charge in [-0.05, 0) is 30.7 Å². The van der Waals surface area contributed by atoms with Crippen LogP contribution in [0, 0.1) is 0 Å². The van der Waals surface area contributed by atoms with Crippen molar-refractivity contribution in [1.82, 2.24) is 9.97 Å². The normalized spacial score (nSPS) is 16.0. The van der Waals surface area contributed by atoms with Crippen LogP contribution >= 0.6 is 0 Å². The number of anilines is 4. The summed E-state index contributed by atoms with van der Waals surface area (Å²) in [6.45, 7) is 2.82. The number of hydrogen-bond acceptors (Lipinski definition) is 5. The first kappa shape index (κ1) is 16.5. The molecular weight excluding hydrogens is 324 g/mol. The first-order valence-corrected chi connectivity index (χ1v) is 9.00. The molecule has 0 fully saturated rings. The number of ether oxygens (including phenoxy) is 1. The lowest BCUT2D eigenvalue weighted by Crippen LogP contribution is -2.20. The highest BCUT2D eigenvalue weighted by atomic mass is 16.5. The Hall–Kier alpha value is -2.92. The fourth-order valence-electron chi connectivity index (χ4n) is 3.21. The zero-order valence-electron chi connectivity index (χ0n) is 14.8. The van der Waals surface area contributed by atoms with Crippen molar-refractivity contribution < 1.29 is 4.74 Å². The largest absolute Gasteiger partial charge is 0.373 e. The van der Waals surface area contributed by atoms with E-state index in [0.717, 1.165) is 41.3 Å². The van der Waals surface area contributed by atoms with Crippen LogP contribution in [-0.2, 0) is 11.2 Å². The maximum Gasteiger partial charge on any atom is 0.229 e. The number of benzene rings is 2. The minimum atomic E-state index is 0.0238. The number of nitrogens with one attached hydrogen (secondary N) is 2. The third kappa shape index (κ3) is 3.53. The van der Waals surface area contributed by atoms with Crippen LogP contribution in [0.3, 0.4) is 0 Å². The topological polar surface area (TPSA) is 59.1 Å². The van der Waals surface area contributed by atoms with Crippen LogP contribution < -0.4 is 10.6 Å². The third-order valence-electron chi connectivity index (χ3n) is 4.44. The van der Waals surface area contributed by atoms with E-state index in [1.54, 1.807) is 0 Å². The van der Waals surface area contributed by atoms with Gasteiger partial charge in [-0.15, -0.1) is 0 Å². The number of rotatable bonds is 5. The highest BCUT2D eigenvalue weighted by molar-refractivity contribution is 5.64. The fraction of sp³-hybridized carbons (Fsp3) is 0.238. The molecule has 26 heavy (non-hydrogen) atoms. The molecule has 4 rings (SSSR count). The van der Waals surface area contributed by atoms with Crippen molar-refractivity contribution in [2.24, 2.45) is 0 Å². The highest BCUT2D eigenvalue weighted by Crippen LogP contribution is 2.35. The summed E-state index contributed by atoms with van der Waals surface area (Å²) in [5.41, 5.74) is 4.09. The molecule has 0 saturated carbocycles. The molecule has 2 N–H and O–H groups in total. The number of nitrogens with zero attached hydrogens (tertiary/aromatic N) is 2. The van der Waals surface area contributed by atoms with Gasteiger partial charge in [-0.2, -0.15) is 4.98 Å². The van der Waals surface area contributed by atoms with Crippen LogP contribution in [0.2, 0.25) is 0 Å². The van der Waals surface area contributed by atoms with Gasteiger partial charge in [0.1, 0.15) is 5.82 Å². The molecule has 5 nitrogen and oxygen atoms in total. The highest BCUT2D eigenvalue weighted by Gasteiger charge is 2.26. The Labute approximate surface area is 153 Å². The predicted molar refractivity (Wildman–Crippen MR) is 104 cm³/mol. The Kier molecular flexibility index (Phi) is 4.80. The van der Waals surface area contributed by atoms with Gasteiger partial charge in [-0.3, -0.25) is 0 Å². The standard InChI is InChI=1S/C21H22N4O/c1-2-18-19-17(13-14-26-18)24-21(23-16-11-7-4-8-12-16)25-20(19)22-15-9-5-3-6-10-15/h3-12,18H,2,13-14H2,1H3,(H2,22,23,24,25). The zero-order chi connectivity index (χ0) is 17.8. The Morgan fingerprint density at radius 3 is 2.23 bits per heavy atom. The summed E-state index contributed by atoms with van der Waals surface area (Å²) in [5, 5.41) is 6.76. The molecule has 132 valence electrons. The van der Waals surface area contributed by atoms with Gasteiger partial charge in [0.15, 0.2) is 0 Å². The fourth-order valence-corrected chi connectivity index (χ4v) is 3.21. The van der Waals surface area contributed by atoms with E-state index in [4.69, 9.17) is 14.7 Å². The van der Waals surface area contributed by atoms with E-state index in [9.17, 15) is 0 Å². The Morgan fingerprint density at radius 1 is 0.923 bits per heavy atom. The number of aromatic nitrogens is 2. The lowest BCUT2D eigenvalue weighted by atomic mass is 10.0. The van der Waals surface area contributed by atoms with Gasteiger partial charge < -0.3 is 15.4 Å². The van der Waals surface area contributed by atoms with Crippen molar-refractivity contribution in [3.8, 4) is 0 Å². The molecule has 3 aromatic rings. The van der Waals surface area contributed by atoms with Crippen LogP contribution in [0.4, 0.5) is 23.1 Å². The third-order valence-corrected chi connectivity index (χ3v) is 4.44. The maximum absolute atomic E-state index is 5.95. The summed E-state index contributed by atoms with van der Waals surface area (Å²) in [5.74, 6) is 1.41. The maximum atomic E-state index is 5.95. The molecule has 1 aliphatic rings. The Balaban J connectivity index is 1.74. The quantitative estimate of drug-likeness (QED) is 0.682. The second-order valence-electron chi connectivity index (χ2n) is 6.26. The van der Waals surface area contributed by atoms with Crippen LogP contribution in [0.5, 0.6) is 0 Å². The molecule has 5 heteroatoms. The molecule has 1 aliphatic heterocycles. The summed E-state index contributed by atoms with van der Waals surface area (Å²) in [4.78, 5) is 9.53. The second kappa shape index (κ2) is 7.54. The lowest BCUT2D eigenvalue weighted by molar-refractivity contribution is 0.0390. The van der Waals surface area contributed by atoms with Gasteiger partial charge in [0.25, 0.3) is 0 Å². The van der Waals surface area contributed by atoms with Crippen LogP contribution in [0.25, 0.3) is 0 Å². The summed E-state index contributed by atoms with van der Waals surface area (Å²) >= 11 is 0. The SMILES string of the molecule is CCC1OCCc2nc(Nc3ccccc3)nc(Nc3ccccc3)c21. The summed E-state index contributed by atoms with van der Waals surface area (Å²) < 4.78 is 5.95. The molecule has 1 atom stereocenters. The van der Waals surface area contributed by atoms with Gasteiger partial charge in [-0.25, -0.2) is 4.98 Å². The minimum absolute atomic E-state index is 0.0238. The molecule has 2 aromatic carbocycles. The smallest absolute Gasteiger partial charge is 0.229 e. The van der Waals surface area contributed by atoms with E-state index in [-0.39, 0.29) is 6.10 Å². The van der Waals surface area contributed by atoms with Gasteiger partial charge in [0, 0.05) is 23.4 Å². The predicted octanol–water partition coefficient (Wildman–Crippen LogP) is 4.99. The van der Waals surface area contributed by atoms with Crippen molar-refractivity contribution in [2.75, 3.05) is 17.2 Å². The molecular formula is C21H22N4O. The number of para-hydroxylation sites is 2. The van der Waals surface area contributed by atoms with E-state index < -0.39 is 0 Å². The van der Waals surface area contributed by atoms with E-state index in [0.29, 0.717) is 12.6 Å². The van der Waals surface area contributed by atoms with Crippen LogP contribution in [0.15, 0.2) is 60.7 Å². The molecule has 0 spiro atoms. The van der Waals surface area contributed by atoms with E-state index in [1.165, 1.54) is 0 Å². The van der Waals surface area contributed by atoms with Gasteiger partial charge in [0.05, 0.1) is 18.4 Å². The average Bonchev–Trinajstić information content (AvgIpc) is 2.69. The van der Waals surface area contributed by atoms with Gasteiger partial charge in [-0.1, -0.05) is 43.3 Å². The molecule has 0 radical (unpaired) electrons. The summed E-state index contributed by atoms with van der Waals surface area (Å²) in [7, 11) is 0. The Morgan fingerprint density at radius 2 is 1.58 bits per heavy atom. The van der Waals surface area contributed by atoms with Crippen LogP contribution in [-0.4, -0.2) is 16.6 Å².